The average Bonchev–Trinajstić information content (AvgIpc) is 2.57. The predicted octanol–water partition coefficient (Wildman–Crippen LogP) is 3.28. The molecule has 1 aliphatic carbocycles. The van der Waals surface area contributed by atoms with Crippen molar-refractivity contribution in [2.24, 2.45) is 11.7 Å². The van der Waals surface area contributed by atoms with E-state index in [9.17, 15) is 9.18 Å². The monoisotopic (exact) mass is 376 g/mol. The highest BCUT2D eigenvalue weighted by molar-refractivity contribution is 14.1. The maximum absolute atomic E-state index is 13.0. The van der Waals surface area contributed by atoms with Gasteiger partial charge in [-0.3, -0.25) is 4.79 Å². The molecule has 0 aliphatic heterocycles. The van der Waals surface area contributed by atoms with Gasteiger partial charge in [0.1, 0.15) is 5.82 Å². The molecule has 0 bridgehead atoms. The second-order valence-corrected chi connectivity index (χ2v) is 6.18. The first-order chi connectivity index (χ1) is 9.08. The van der Waals surface area contributed by atoms with Crippen LogP contribution in [0.2, 0.25) is 0 Å². The largest absolute Gasteiger partial charge is 0.327 e. The van der Waals surface area contributed by atoms with Gasteiger partial charge >= 0.3 is 0 Å². The van der Waals surface area contributed by atoms with Gasteiger partial charge in [0.25, 0.3) is 0 Å². The summed E-state index contributed by atoms with van der Waals surface area (Å²) in [6.07, 6.45) is 5.03. The molecular formula is C14H18FIN2O. The number of carbonyl (C=O) groups is 1. The lowest BCUT2D eigenvalue weighted by molar-refractivity contribution is -0.120. The molecule has 0 aromatic heterocycles. The zero-order valence-electron chi connectivity index (χ0n) is 10.7. The lowest BCUT2D eigenvalue weighted by Crippen LogP contribution is -2.37. The van der Waals surface area contributed by atoms with E-state index in [1.54, 1.807) is 6.07 Å². The molecule has 1 aromatic carbocycles. The molecule has 2 atom stereocenters. The molecule has 1 amide bonds. The van der Waals surface area contributed by atoms with E-state index in [-0.39, 0.29) is 23.7 Å². The van der Waals surface area contributed by atoms with Crippen LogP contribution in [0.3, 0.4) is 0 Å². The van der Waals surface area contributed by atoms with E-state index >= 15 is 0 Å². The molecule has 104 valence electrons. The fraction of sp³-hybridized carbons (Fsp3) is 0.500. The maximum atomic E-state index is 13.0. The van der Waals surface area contributed by atoms with Crippen molar-refractivity contribution in [1.82, 2.24) is 0 Å². The first kappa shape index (κ1) is 14.7. The normalized spacial score (nSPS) is 23.7. The van der Waals surface area contributed by atoms with Crippen LogP contribution in [0.15, 0.2) is 18.2 Å². The molecule has 5 heteroatoms. The van der Waals surface area contributed by atoms with Crippen LogP contribution in [0.5, 0.6) is 0 Å². The second-order valence-electron chi connectivity index (χ2n) is 5.02. The van der Waals surface area contributed by atoms with Gasteiger partial charge in [0, 0.05) is 9.61 Å². The van der Waals surface area contributed by atoms with Gasteiger partial charge in [-0.2, -0.15) is 0 Å². The van der Waals surface area contributed by atoms with Crippen LogP contribution in [0.1, 0.15) is 32.1 Å². The topological polar surface area (TPSA) is 55.1 Å². The number of anilines is 1. The minimum absolute atomic E-state index is 0.0427. The summed E-state index contributed by atoms with van der Waals surface area (Å²) in [5.41, 5.74) is 6.73. The molecular weight excluding hydrogens is 358 g/mol. The molecule has 1 fully saturated rings. The smallest absolute Gasteiger partial charge is 0.229 e. The Hall–Kier alpha value is -0.690. The minimum atomic E-state index is -0.298. The predicted molar refractivity (Wildman–Crippen MR) is 82.3 cm³/mol. The summed E-state index contributed by atoms with van der Waals surface area (Å²) >= 11 is 2.02. The lowest BCUT2D eigenvalue weighted by atomic mass is 9.94. The molecule has 19 heavy (non-hydrogen) atoms. The van der Waals surface area contributed by atoms with Crippen LogP contribution in [-0.2, 0) is 4.79 Å². The van der Waals surface area contributed by atoms with Crippen LogP contribution in [-0.4, -0.2) is 11.9 Å². The standard InChI is InChI=1S/C14H18FIN2O/c15-9-6-7-13(11(16)8-9)18-14(19)10-4-2-1-3-5-12(10)17/h6-8,10,12H,1-5,17H2,(H,18,19). The fourth-order valence-corrected chi connectivity index (χ4v) is 3.09. The number of benzene rings is 1. The summed E-state index contributed by atoms with van der Waals surface area (Å²) in [5, 5.41) is 2.87. The maximum Gasteiger partial charge on any atom is 0.229 e. The number of amides is 1. The van der Waals surface area contributed by atoms with Crippen LogP contribution in [0.4, 0.5) is 10.1 Å². The summed E-state index contributed by atoms with van der Waals surface area (Å²) in [4.78, 5) is 12.3. The fourth-order valence-electron chi connectivity index (χ4n) is 2.48. The number of hydrogen-bond acceptors (Lipinski definition) is 2. The summed E-state index contributed by atoms with van der Waals surface area (Å²) < 4.78 is 13.7. The van der Waals surface area contributed by atoms with Gasteiger partial charge in [-0.25, -0.2) is 4.39 Å². The van der Waals surface area contributed by atoms with Gasteiger partial charge in [0.2, 0.25) is 5.91 Å². The van der Waals surface area contributed by atoms with Gasteiger partial charge in [-0.15, -0.1) is 0 Å². The quantitative estimate of drug-likeness (QED) is 0.615. The first-order valence-corrected chi connectivity index (χ1v) is 7.67. The minimum Gasteiger partial charge on any atom is -0.327 e. The molecule has 0 spiro atoms. The number of halogens is 2. The molecule has 1 aromatic rings. The number of nitrogens with two attached hydrogens (primary N) is 1. The Morgan fingerprint density at radius 2 is 2.05 bits per heavy atom. The Labute approximate surface area is 126 Å². The Balaban J connectivity index is 2.07. The van der Waals surface area contributed by atoms with E-state index in [2.05, 4.69) is 5.32 Å². The van der Waals surface area contributed by atoms with E-state index < -0.39 is 0 Å². The number of nitrogens with one attached hydrogen (secondary N) is 1. The van der Waals surface area contributed by atoms with E-state index in [0.29, 0.717) is 9.26 Å². The van der Waals surface area contributed by atoms with E-state index in [1.165, 1.54) is 12.1 Å². The van der Waals surface area contributed by atoms with Crippen molar-refractivity contribution in [2.45, 2.75) is 38.1 Å². The van der Waals surface area contributed by atoms with E-state index in [4.69, 9.17) is 5.73 Å². The Morgan fingerprint density at radius 1 is 1.32 bits per heavy atom. The zero-order valence-corrected chi connectivity index (χ0v) is 12.8. The SMILES string of the molecule is NC1CCCCCC1C(=O)Nc1ccc(F)cc1I. The molecule has 0 radical (unpaired) electrons. The molecule has 0 saturated heterocycles. The third kappa shape index (κ3) is 3.89. The van der Waals surface area contributed by atoms with Gasteiger partial charge in [-0.05, 0) is 53.6 Å². The average molecular weight is 376 g/mol. The lowest BCUT2D eigenvalue weighted by Gasteiger charge is -2.20. The zero-order chi connectivity index (χ0) is 13.8. The van der Waals surface area contributed by atoms with E-state index in [1.807, 2.05) is 22.6 Å². The van der Waals surface area contributed by atoms with Gasteiger partial charge < -0.3 is 11.1 Å². The number of hydrogen-bond donors (Lipinski definition) is 2. The van der Waals surface area contributed by atoms with Crippen molar-refractivity contribution in [3.8, 4) is 0 Å². The van der Waals surface area contributed by atoms with E-state index in [0.717, 1.165) is 32.1 Å². The molecule has 1 saturated carbocycles. The highest BCUT2D eigenvalue weighted by atomic mass is 127. The highest BCUT2D eigenvalue weighted by Crippen LogP contribution is 2.25. The van der Waals surface area contributed by atoms with Gasteiger partial charge in [-0.1, -0.05) is 19.3 Å². The summed E-state index contributed by atoms with van der Waals surface area (Å²) in [6.45, 7) is 0. The van der Waals surface area contributed by atoms with Gasteiger partial charge in [0.05, 0.1) is 11.6 Å². The molecule has 1 aliphatic rings. The second kappa shape index (κ2) is 6.65. The van der Waals surface area contributed by atoms with Crippen LogP contribution in [0.25, 0.3) is 0 Å². The highest BCUT2D eigenvalue weighted by Gasteiger charge is 2.27. The number of carbonyl (C=O) groups excluding carboxylic acids is 1. The summed E-state index contributed by atoms with van der Waals surface area (Å²) in [6, 6.07) is 4.28. The molecule has 2 rings (SSSR count). The van der Waals surface area contributed by atoms with Crippen molar-refractivity contribution >= 4 is 34.2 Å². The Bertz CT molecular complexity index is 467. The summed E-state index contributed by atoms with van der Waals surface area (Å²) in [5.74, 6) is -0.476. The van der Waals surface area contributed by atoms with Crippen molar-refractivity contribution in [3.05, 3.63) is 27.6 Å². The first-order valence-electron chi connectivity index (χ1n) is 6.59. The molecule has 0 heterocycles. The van der Waals surface area contributed by atoms with Crippen LogP contribution in [0, 0.1) is 15.3 Å². The van der Waals surface area contributed by atoms with Crippen LogP contribution >= 0.6 is 22.6 Å². The third-order valence-electron chi connectivity index (χ3n) is 3.60. The van der Waals surface area contributed by atoms with Crippen molar-refractivity contribution < 1.29 is 9.18 Å². The van der Waals surface area contributed by atoms with Crippen LogP contribution < -0.4 is 11.1 Å². The summed E-state index contributed by atoms with van der Waals surface area (Å²) in [7, 11) is 0. The van der Waals surface area contributed by atoms with Crippen molar-refractivity contribution in [3.63, 3.8) is 0 Å². The molecule has 2 unspecified atom stereocenters. The van der Waals surface area contributed by atoms with Gasteiger partial charge in [0.15, 0.2) is 0 Å². The Morgan fingerprint density at radius 3 is 2.79 bits per heavy atom. The Kier molecular flexibility index (Phi) is 5.15. The number of rotatable bonds is 2. The third-order valence-corrected chi connectivity index (χ3v) is 4.49. The van der Waals surface area contributed by atoms with Crippen molar-refractivity contribution in [2.75, 3.05) is 5.32 Å². The molecule has 3 N–H and O–H groups in total. The van der Waals surface area contributed by atoms with Crippen molar-refractivity contribution in [1.29, 1.82) is 0 Å². The molecule has 3 nitrogen and oxygen atoms in total.